The fraction of sp³-hybridized carbons (Fsp3) is 0.0476. The number of hydrogen-bond donors (Lipinski definition) is 1. The maximum Gasteiger partial charge on any atom is 0.167 e. The molecule has 26 heavy (non-hydrogen) atoms. The lowest BCUT2D eigenvalue weighted by Gasteiger charge is -2.02. The van der Waals surface area contributed by atoms with Crippen molar-refractivity contribution in [2.75, 3.05) is 0 Å². The molecule has 0 bridgehead atoms. The number of hydrogen-bond acceptors (Lipinski definition) is 4. The topological polar surface area (TPSA) is 71.5 Å². The van der Waals surface area contributed by atoms with Crippen LogP contribution < -0.4 is 0 Å². The van der Waals surface area contributed by atoms with E-state index in [9.17, 15) is 4.79 Å². The van der Waals surface area contributed by atoms with E-state index in [-0.39, 0.29) is 5.78 Å². The number of nitrogens with one attached hydrogen (secondary N) is 1. The van der Waals surface area contributed by atoms with Gasteiger partial charge in [-0.1, -0.05) is 18.2 Å². The van der Waals surface area contributed by atoms with Crippen LogP contribution >= 0.6 is 0 Å². The Morgan fingerprint density at radius 1 is 1.00 bits per heavy atom. The van der Waals surface area contributed by atoms with E-state index in [4.69, 9.17) is 0 Å². The molecule has 1 N–H and O–H groups in total. The highest BCUT2D eigenvalue weighted by Crippen LogP contribution is 2.21. The zero-order chi connectivity index (χ0) is 17.8. The molecule has 0 fully saturated rings. The third-order valence-corrected chi connectivity index (χ3v) is 4.14. The summed E-state index contributed by atoms with van der Waals surface area (Å²) in [6, 6.07) is 13.2. The number of carbonyl (C=O) groups is 1. The lowest BCUT2D eigenvalue weighted by Crippen LogP contribution is -2.03. The Hall–Kier alpha value is -3.60. The maximum absolute atomic E-state index is 12.4. The van der Waals surface area contributed by atoms with E-state index in [1.807, 2.05) is 42.5 Å². The first kappa shape index (κ1) is 15.9. The first-order valence-corrected chi connectivity index (χ1v) is 8.28. The normalized spacial score (nSPS) is 11.2. The molecule has 3 heterocycles. The number of aromatic amines is 1. The summed E-state index contributed by atoms with van der Waals surface area (Å²) in [6.07, 6.45) is 11.1. The Morgan fingerprint density at radius 2 is 1.88 bits per heavy atom. The standard InChI is InChI=1S/C21H16N4O/c26-21(17-7-10-22-11-8-17)13-16-4-6-20-18(12-16)19(24-25-20)5-3-15-2-1-9-23-14-15/h1-12,14H,13H2,(H,24,25)/b5-3+. The Bertz CT molecular complexity index is 1070. The number of ketones is 1. The minimum absolute atomic E-state index is 0.0719. The van der Waals surface area contributed by atoms with Crippen molar-refractivity contribution < 1.29 is 4.79 Å². The molecule has 0 aliphatic rings. The molecule has 4 aromatic rings. The third-order valence-electron chi connectivity index (χ3n) is 4.14. The summed E-state index contributed by atoms with van der Waals surface area (Å²) in [4.78, 5) is 20.5. The van der Waals surface area contributed by atoms with Gasteiger partial charge < -0.3 is 0 Å². The van der Waals surface area contributed by atoms with Crippen LogP contribution in [0.15, 0.2) is 67.3 Å². The molecule has 0 atom stereocenters. The highest BCUT2D eigenvalue weighted by atomic mass is 16.1. The van der Waals surface area contributed by atoms with Gasteiger partial charge in [0.25, 0.3) is 0 Å². The van der Waals surface area contributed by atoms with Crippen LogP contribution in [0.2, 0.25) is 0 Å². The third kappa shape index (κ3) is 3.42. The first-order valence-electron chi connectivity index (χ1n) is 8.28. The van der Waals surface area contributed by atoms with Crippen molar-refractivity contribution in [3.05, 3.63) is 89.6 Å². The van der Waals surface area contributed by atoms with Gasteiger partial charge in [-0.25, -0.2) is 0 Å². The first-order chi connectivity index (χ1) is 12.8. The molecule has 5 heteroatoms. The van der Waals surface area contributed by atoms with E-state index in [1.165, 1.54) is 0 Å². The van der Waals surface area contributed by atoms with E-state index >= 15 is 0 Å². The molecular weight excluding hydrogens is 324 g/mol. The highest BCUT2D eigenvalue weighted by Gasteiger charge is 2.09. The molecule has 0 amide bonds. The van der Waals surface area contributed by atoms with Crippen LogP contribution in [0.1, 0.15) is 27.2 Å². The van der Waals surface area contributed by atoms with Gasteiger partial charge in [-0.05, 0) is 47.5 Å². The van der Waals surface area contributed by atoms with Crippen molar-refractivity contribution in [3.63, 3.8) is 0 Å². The van der Waals surface area contributed by atoms with Crippen LogP contribution in [0, 0.1) is 0 Å². The fourth-order valence-corrected chi connectivity index (χ4v) is 2.79. The number of aromatic nitrogens is 4. The minimum atomic E-state index is 0.0719. The van der Waals surface area contributed by atoms with Crippen molar-refractivity contribution in [2.24, 2.45) is 0 Å². The monoisotopic (exact) mass is 340 g/mol. The Kier molecular flexibility index (Phi) is 4.35. The van der Waals surface area contributed by atoms with Crippen LogP contribution in [0.25, 0.3) is 23.1 Å². The van der Waals surface area contributed by atoms with Crippen LogP contribution in [-0.2, 0) is 6.42 Å². The minimum Gasteiger partial charge on any atom is -0.294 e. The number of benzene rings is 1. The van der Waals surface area contributed by atoms with Gasteiger partial charge in [-0.3, -0.25) is 19.9 Å². The summed E-state index contributed by atoms with van der Waals surface area (Å²) in [6.45, 7) is 0. The van der Waals surface area contributed by atoms with Crippen LogP contribution in [0.3, 0.4) is 0 Å². The number of carbonyl (C=O) groups excluding carboxylic acids is 1. The lowest BCUT2D eigenvalue weighted by atomic mass is 10.0. The SMILES string of the molecule is O=C(Cc1ccc2n[nH]c(/C=C/c3cccnc3)c2c1)c1ccncc1. The van der Waals surface area contributed by atoms with E-state index in [0.717, 1.165) is 27.7 Å². The molecule has 0 saturated carbocycles. The van der Waals surface area contributed by atoms with E-state index < -0.39 is 0 Å². The molecule has 0 saturated heterocycles. The maximum atomic E-state index is 12.4. The molecule has 0 radical (unpaired) electrons. The molecule has 0 spiro atoms. The van der Waals surface area contributed by atoms with Gasteiger partial charge >= 0.3 is 0 Å². The van der Waals surface area contributed by atoms with Crippen molar-refractivity contribution >= 4 is 28.8 Å². The number of rotatable bonds is 5. The molecule has 3 aromatic heterocycles. The van der Waals surface area contributed by atoms with Crippen molar-refractivity contribution in [3.8, 4) is 0 Å². The second-order valence-corrected chi connectivity index (χ2v) is 5.94. The predicted molar refractivity (Wildman–Crippen MR) is 102 cm³/mol. The largest absolute Gasteiger partial charge is 0.294 e. The van der Waals surface area contributed by atoms with Gasteiger partial charge in [0, 0.05) is 42.2 Å². The molecule has 5 nitrogen and oxygen atoms in total. The zero-order valence-electron chi connectivity index (χ0n) is 14.0. The number of H-pyrrole nitrogens is 1. The van der Waals surface area contributed by atoms with Crippen molar-refractivity contribution in [1.82, 2.24) is 20.2 Å². The van der Waals surface area contributed by atoms with Crippen molar-refractivity contribution in [2.45, 2.75) is 6.42 Å². The van der Waals surface area contributed by atoms with Crippen LogP contribution in [0.4, 0.5) is 0 Å². The van der Waals surface area contributed by atoms with Gasteiger partial charge in [-0.2, -0.15) is 5.10 Å². The Labute approximate surface area is 150 Å². The van der Waals surface area contributed by atoms with Crippen LogP contribution in [0.5, 0.6) is 0 Å². The van der Waals surface area contributed by atoms with Gasteiger partial charge in [0.1, 0.15) is 0 Å². The van der Waals surface area contributed by atoms with Gasteiger partial charge in [0.2, 0.25) is 0 Å². The number of Topliss-reactive ketones (excluding diaryl/α,β-unsaturated/α-hetero) is 1. The van der Waals surface area contributed by atoms with Crippen molar-refractivity contribution in [1.29, 1.82) is 0 Å². The summed E-state index contributed by atoms with van der Waals surface area (Å²) in [5.74, 6) is 0.0719. The smallest absolute Gasteiger partial charge is 0.167 e. The summed E-state index contributed by atoms with van der Waals surface area (Å²) in [5.41, 5.74) is 4.41. The second-order valence-electron chi connectivity index (χ2n) is 5.94. The summed E-state index contributed by atoms with van der Waals surface area (Å²) < 4.78 is 0. The van der Waals surface area contributed by atoms with Gasteiger partial charge in [0.15, 0.2) is 5.78 Å². The Morgan fingerprint density at radius 3 is 2.69 bits per heavy atom. The summed E-state index contributed by atoms with van der Waals surface area (Å²) >= 11 is 0. The van der Waals surface area contributed by atoms with Crippen LogP contribution in [-0.4, -0.2) is 25.9 Å². The molecule has 4 rings (SSSR count). The molecular formula is C21H16N4O. The summed E-state index contributed by atoms with van der Waals surface area (Å²) in [5, 5.41) is 8.36. The number of nitrogens with zero attached hydrogens (tertiary/aromatic N) is 3. The Balaban J connectivity index is 1.60. The van der Waals surface area contributed by atoms with Gasteiger partial charge in [-0.15, -0.1) is 0 Å². The zero-order valence-corrected chi connectivity index (χ0v) is 14.0. The fourth-order valence-electron chi connectivity index (χ4n) is 2.79. The molecule has 0 unspecified atom stereocenters. The average molecular weight is 340 g/mol. The quantitative estimate of drug-likeness (QED) is 0.558. The average Bonchev–Trinajstić information content (AvgIpc) is 3.10. The molecule has 0 aliphatic carbocycles. The number of fused-ring (bicyclic) bond motifs is 1. The highest BCUT2D eigenvalue weighted by molar-refractivity contribution is 5.98. The lowest BCUT2D eigenvalue weighted by molar-refractivity contribution is 0.0993. The predicted octanol–water partition coefficient (Wildman–Crippen LogP) is 3.95. The molecule has 1 aromatic carbocycles. The second kappa shape index (κ2) is 7.11. The molecule has 0 aliphatic heterocycles. The number of pyridine rings is 2. The van der Waals surface area contributed by atoms with E-state index in [0.29, 0.717) is 12.0 Å². The molecule has 126 valence electrons. The van der Waals surface area contributed by atoms with Gasteiger partial charge in [0.05, 0.1) is 11.2 Å². The van der Waals surface area contributed by atoms with E-state index in [2.05, 4.69) is 20.2 Å². The summed E-state index contributed by atoms with van der Waals surface area (Å²) in [7, 11) is 0. The van der Waals surface area contributed by atoms with E-state index in [1.54, 1.807) is 36.9 Å².